The molecular weight excluding hydrogens is 372 g/mol. The maximum Gasteiger partial charge on any atom is 0.346 e. The zero-order valence-corrected chi connectivity index (χ0v) is 15.9. The Morgan fingerprint density at radius 1 is 0.931 bits per heavy atom. The van der Waals surface area contributed by atoms with Crippen molar-refractivity contribution in [2.45, 2.75) is 6.61 Å². The molecule has 0 saturated carbocycles. The summed E-state index contributed by atoms with van der Waals surface area (Å²) < 4.78 is 21.4. The van der Waals surface area contributed by atoms with Crippen LogP contribution in [-0.4, -0.2) is 20.2 Å². The first-order valence-corrected chi connectivity index (χ1v) is 8.95. The minimum Gasteiger partial charge on any atom is -0.496 e. The normalized spacial score (nSPS) is 10.8. The van der Waals surface area contributed by atoms with E-state index in [2.05, 4.69) is 0 Å². The number of fused-ring (bicyclic) bond motifs is 3. The van der Waals surface area contributed by atoms with Gasteiger partial charge in [0.25, 0.3) is 0 Å². The molecule has 4 aromatic rings. The molecule has 0 fully saturated rings. The lowest BCUT2D eigenvalue weighted by atomic mass is 10.0. The van der Waals surface area contributed by atoms with Gasteiger partial charge in [-0.1, -0.05) is 36.4 Å². The van der Waals surface area contributed by atoms with Crippen molar-refractivity contribution in [3.63, 3.8) is 0 Å². The molecule has 29 heavy (non-hydrogen) atoms. The van der Waals surface area contributed by atoms with Gasteiger partial charge in [0, 0.05) is 17.0 Å². The van der Waals surface area contributed by atoms with Crippen LogP contribution in [0.3, 0.4) is 0 Å². The first-order valence-electron chi connectivity index (χ1n) is 8.95. The molecule has 0 spiro atoms. The van der Waals surface area contributed by atoms with Crippen LogP contribution in [0.4, 0.5) is 0 Å². The number of carbonyl (C=O) groups excluding carboxylic acids is 1. The first-order chi connectivity index (χ1) is 14.1. The predicted octanol–water partition coefficient (Wildman–Crippen LogP) is 4.32. The van der Waals surface area contributed by atoms with Crippen molar-refractivity contribution in [2.24, 2.45) is 0 Å². The molecule has 0 N–H and O–H groups in total. The molecule has 0 aliphatic rings. The Morgan fingerprint density at radius 3 is 2.38 bits per heavy atom. The van der Waals surface area contributed by atoms with Gasteiger partial charge in [0.05, 0.1) is 14.2 Å². The molecule has 3 aromatic carbocycles. The third-order valence-electron chi connectivity index (χ3n) is 4.71. The van der Waals surface area contributed by atoms with E-state index >= 15 is 0 Å². The zero-order chi connectivity index (χ0) is 20.4. The highest BCUT2D eigenvalue weighted by Gasteiger charge is 2.20. The van der Waals surface area contributed by atoms with Crippen LogP contribution < -0.4 is 15.1 Å². The van der Waals surface area contributed by atoms with Gasteiger partial charge in [0.2, 0.25) is 0 Å². The Labute approximate surface area is 166 Å². The monoisotopic (exact) mass is 390 g/mol. The molecule has 0 saturated heterocycles. The molecule has 0 bridgehead atoms. The highest BCUT2D eigenvalue weighted by Crippen LogP contribution is 2.31. The van der Waals surface area contributed by atoms with E-state index in [1.807, 2.05) is 30.3 Å². The molecule has 0 amide bonds. The summed E-state index contributed by atoms with van der Waals surface area (Å²) >= 11 is 0. The largest absolute Gasteiger partial charge is 0.496 e. The molecule has 146 valence electrons. The molecule has 0 radical (unpaired) electrons. The molecule has 4 rings (SSSR count). The summed E-state index contributed by atoms with van der Waals surface area (Å²) in [5, 5.41) is 2.64. The van der Waals surface area contributed by atoms with Crippen LogP contribution in [0.15, 0.2) is 69.9 Å². The summed E-state index contributed by atoms with van der Waals surface area (Å²) in [5.74, 6) is 0.0791. The molecule has 0 aliphatic heterocycles. The van der Waals surface area contributed by atoms with Crippen LogP contribution in [0.5, 0.6) is 11.5 Å². The van der Waals surface area contributed by atoms with Gasteiger partial charge in [0.1, 0.15) is 29.3 Å². The van der Waals surface area contributed by atoms with Gasteiger partial charge in [-0.05, 0) is 29.0 Å². The highest BCUT2D eigenvalue weighted by molar-refractivity contribution is 6.07. The number of rotatable bonds is 5. The minimum absolute atomic E-state index is 0.101. The van der Waals surface area contributed by atoms with E-state index in [4.69, 9.17) is 18.6 Å². The summed E-state index contributed by atoms with van der Waals surface area (Å²) in [6.07, 6.45) is 0. The van der Waals surface area contributed by atoms with Gasteiger partial charge in [-0.15, -0.1) is 0 Å². The Hall–Kier alpha value is -3.80. The fourth-order valence-corrected chi connectivity index (χ4v) is 3.40. The van der Waals surface area contributed by atoms with Gasteiger partial charge in [-0.2, -0.15) is 0 Å². The third kappa shape index (κ3) is 3.40. The van der Waals surface area contributed by atoms with E-state index in [1.54, 1.807) is 24.3 Å². The quantitative estimate of drug-likeness (QED) is 0.287. The fourth-order valence-electron chi connectivity index (χ4n) is 3.40. The number of ether oxygens (including phenoxy) is 3. The Kier molecular flexibility index (Phi) is 4.91. The number of hydrogen-bond donors (Lipinski definition) is 0. The maximum atomic E-state index is 12.8. The second-order valence-electron chi connectivity index (χ2n) is 6.36. The van der Waals surface area contributed by atoms with Crippen molar-refractivity contribution in [2.75, 3.05) is 14.2 Å². The standard InChI is InChI=1S/C23H18O6/c1-26-17-8-5-9-18(27-2)22(17)23(25)28-13-15-12-20(24)29-19-11-10-14-6-3-4-7-16(14)21(15)19/h3-12H,13H2,1-2H3. The number of benzene rings is 3. The van der Waals surface area contributed by atoms with Gasteiger partial charge >= 0.3 is 11.6 Å². The van der Waals surface area contributed by atoms with Crippen LogP contribution in [0, 0.1) is 0 Å². The molecular formula is C23H18O6. The summed E-state index contributed by atoms with van der Waals surface area (Å²) in [4.78, 5) is 24.8. The maximum absolute atomic E-state index is 12.8. The van der Waals surface area contributed by atoms with Crippen molar-refractivity contribution in [3.05, 3.63) is 82.2 Å². The van der Waals surface area contributed by atoms with Crippen molar-refractivity contribution in [1.82, 2.24) is 0 Å². The average Bonchev–Trinajstić information content (AvgIpc) is 2.76. The molecule has 1 aromatic heterocycles. The van der Waals surface area contributed by atoms with E-state index < -0.39 is 11.6 Å². The molecule has 0 aliphatic carbocycles. The van der Waals surface area contributed by atoms with Crippen molar-refractivity contribution in [1.29, 1.82) is 0 Å². The van der Waals surface area contributed by atoms with Gasteiger partial charge in [-0.25, -0.2) is 9.59 Å². The van der Waals surface area contributed by atoms with Gasteiger partial charge < -0.3 is 18.6 Å². The van der Waals surface area contributed by atoms with E-state index in [0.29, 0.717) is 22.6 Å². The van der Waals surface area contributed by atoms with E-state index in [9.17, 15) is 9.59 Å². The molecule has 6 heteroatoms. The van der Waals surface area contributed by atoms with Crippen molar-refractivity contribution >= 4 is 27.7 Å². The number of hydrogen-bond acceptors (Lipinski definition) is 6. The number of esters is 1. The van der Waals surface area contributed by atoms with Crippen LogP contribution >= 0.6 is 0 Å². The fraction of sp³-hybridized carbons (Fsp3) is 0.130. The first kappa shape index (κ1) is 18.6. The number of carbonyl (C=O) groups is 1. The highest BCUT2D eigenvalue weighted by atomic mass is 16.5. The third-order valence-corrected chi connectivity index (χ3v) is 4.71. The molecule has 0 unspecified atom stereocenters. The summed E-state index contributed by atoms with van der Waals surface area (Å²) in [7, 11) is 2.93. The smallest absolute Gasteiger partial charge is 0.346 e. The van der Waals surface area contributed by atoms with Crippen LogP contribution in [0.25, 0.3) is 21.7 Å². The van der Waals surface area contributed by atoms with Crippen molar-refractivity contribution < 1.29 is 23.4 Å². The zero-order valence-electron chi connectivity index (χ0n) is 15.9. The lowest BCUT2D eigenvalue weighted by Gasteiger charge is -2.13. The Balaban J connectivity index is 1.75. The van der Waals surface area contributed by atoms with Crippen molar-refractivity contribution in [3.8, 4) is 11.5 Å². The SMILES string of the molecule is COc1cccc(OC)c1C(=O)OCc1cc(=O)oc2ccc3ccccc3c12. The summed E-state index contributed by atoms with van der Waals surface area (Å²) in [6, 6.07) is 17.7. The van der Waals surface area contributed by atoms with Gasteiger partial charge in [-0.3, -0.25) is 0 Å². The lowest BCUT2D eigenvalue weighted by Crippen LogP contribution is -2.10. The molecule has 6 nitrogen and oxygen atoms in total. The molecule has 0 atom stereocenters. The van der Waals surface area contributed by atoms with Gasteiger partial charge in [0.15, 0.2) is 0 Å². The topological polar surface area (TPSA) is 75.0 Å². The minimum atomic E-state index is -0.610. The van der Waals surface area contributed by atoms with Crippen LogP contribution in [0.2, 0.25) is 0 Å². The van der Waals surface area contributed by atoms with E-state index in [-0.39, 0.29) is 12.2 Å². The predicted molar refractivity (Wildman–Crippen MR) is 109 cm³/mol. The van der Waals surface area contributed by atoms with Crippen LogP contribution in [0.1, 0.15) is 15.9 Å². The average molecular weight is 390 g/mol. The second kappa shape index (κ2) is 7.67. The Bertz CT molecular complexity index is 1250. The Morgan fingerprint density at radius 2 is 1.66 bits per heavy atom. The van der Waals surface area contributed by atoms with E-state index in [1.165, 1.54) is 20.3 Å². The molecule has 1 heterocycles. The second-order valence-corrected chi connectivity index (χ2v) is 6.36. The summed E-state index contributed by atoms with van der Waals surface area (Å²) in [6.45, 7) is -0.101. The van der Waals surface area contributed by atoms with Crippen LogP contribution in [-0.2, 0) is 11.3 Å². The summed E-state index contributed by atoms with van der Waals surface area (Å²) in [5.41, 5.74) is 0.690. The van der Waals surface area contributed by atoms with E-state index in [0.717, 1.165) is 16.2 Å². The lowest BCUT2D eigenvalue weighted by molar-refractivity contribution is 0.0466. The number of methoxy groups -OCH3 is 2.